The van der Waals surface area contributed by atoms with Crippen molar-refractivity contribution < 1.29 is 4.79 Å². The molecule has 1 aromatic heterocycles. The molecular formula is C21H28ClN5OS. The van der Waals surface area contributed by atoms with Gasteiger partial charge in [0.2, 0.25) is 11.0 Å². The lowest BCUT2D eigenvalue weighted by atomic mass is 9.93. The van der Waals surface area contributed by atoms with Crippen molar-refractivity contribution >= 4 is 34.0 Å². The SMILES string of the molecule is CN1CCN(C(=O)CC2CCN(c3nnc(Cc4ccc(Cl)cc4)s3)CC2)CC1. The summed E-state index contributed by atoms with van der Waals surface area (Å²) in [6, 6.07) is 7.89. The fourth-order valence-electron chi connectivity index (χ4n) is 3.98. The number of likely N-dealkylation sites (N-methyl/N-ethyl adjacent to an activating group) is 1. The minimum Gasteiger partial charge on any atom is -0.347 e. The van der Waals surface area contributed by atoms with E-state index in [1.165, 1.54) is 5.56 Å². The number of anilines is 1. The van der Waals surface area contributed by atoms with Crippen molar-refractivity contribution in [3.63, 3.8) is 0 Å². The molecule has 0 atom stereocenters. The van der Waals surface area contributed by atoms with Gasteiger partial charge in [0, 0.05) is 57.1 Å². The summed E-state index contributed by atoms with van der Waals surface area (Å²) in [7, 11) is 2.12. The van der Waals surface area contributed by atoms with Gasteiger partial charge in [0.25, 0.3) is 0 Å². The Kier molecular flexibility index (Phi) is 6.67. The molecule has 0 N–H and O–H groups in total. The summed E-state index contributed by atoms with van der Waals surface area (Å²) in [5.74, 6) is 0.817. The number of rotatable bonds is 5. The maximum atomic E-state index is 12.6. The van der Waals surface area contributed by atoms with E-state index < -0.39 is 0 Å². The first kappa shape index (κ1) is 20.6. The first-order chi connectivity index (χ1) is 14.1. The van der Waals surface area contributed by atoms with Crippen molar-refractivity contribution in [2.24, 2.45) is 5.92 Å². The number of amides is 1. The van der Waals surface area contributed by atoms with Crippen LogP contribution in [0.15, 0.2) is 24.3 Å². The largest absolute Gasteiger partial charge is 0.347 e. The highest BCUT2D eigenvalue weighted by Gasteiger charge is 2.26. The van der Waals surface area contributed by atoms with E-state index in [1.807, 2.05) is 29.2 Å². The number of piperazine rings is 1. The molecule has 29 heavy (non-hydrogen) atoms. The molecule has 0 spiro atoms. The molecule has 4 rings (SSSR count). The van der Waals surface area contributed by atoms with Crippen LogP contribution in [0.1, 0.15) is 29.8 Å². The molecule has 0 saturated carbocycles. The molecule has 2 aromatic rings. The van der Waals surface area contributed by atoms with E-state index in [-0.39, 0.29) is 0 Å². The summed E-state index contributed by atoms with van der Waals surface area (Å²) < 4.78 is 0. The number of benzene rings is 1. The quantitative estimate of drug-likeness (QED) is 0.724. The van der Waals surface area contributed by atoms with E-state index in [9.17, 15) is 4.79 Å². The van der Waals surface area contributed by atoms with Crippen LogP contribution in [-0.4, -0.2) is 72.2 Å². The highest BCUT2D eigenvalue weighted by molar-refractivity contribution is 7.15. The zero-order chi connectivity index (χ0) is 20.2. The minimum atomic E-state index is 0.331. The fraction of sp³-hybridized carbons (Fsp3) is 0.571. The molecule has 2 aliphatic heterocycles. The predicted octanol–water partition coefficient (Wildman–Crippen LogP) is 3.16. The predicted molar refractivity (Wildman–Crippen MR) is 118 cm³/mol. The average Bonchev–Trinajstić information content (AvgIpc) is 3.19. The van der Waals surface area contributed by atoms with Gasteiger partial charge < -0.3 is 14.7 Å². The number of halogens is 1. The molecule has 1 amide bonds. The van der Waals surface area contributed by atoms with Gasteiger partial charge >= 0.3 is 0 Å². The molecule has 156 valence electrons. The van der Waals surface area contributed by atoms with Crippen molar-refractivity contribution in [1.82, 2.24) is 20.0 Å². The smallest absolute Gasteiger partial charge is 0.222 e. The fourth-order valence-corrected chi connectivity index (χ4v) is 5.03. The third-order valence-electron chi connectivity index (χ3n) is 5.93. The topological polar surface area (TPSA) is 52.6 Å². The first-order valence-corrected chi connectivity index (χ1v) is 11.5. The Bertz CT molecular complexity index is 811. The molecule has 0 bridgehead atoms. The van der Waals surface area contributed by atoms with Gasteiger partial charge in [-0.25, -0.2) is 0 Å². The number of nitrogens with zero attached hydrogens (tertiary/aromatic N) is 5. The van der Waals surface area contributed by atoms with Crippen molar-refractivity contribution in [2.75, 3.05) is 51.2 Å². The van der Waals surface area contributed by atoms with Gasteiger partial charge in [0.15, 0.2) is 0 Å². The van der Waals surface area contributed by atoms with E-state index in [1.54, 1.807) is 11.3 Å². The van der Waals surface area contributed by atoms with Crippen molar-refractivity contribution in [3.05, 3.63) is 39.9 Å². The molecule has 0 unspecified atom stereocenters. The van der Waals surface area contributed by atoms with Crippen molar-refractivity contribution in [3.8, 4) is 0 Å². The third-order valence-corrected chi connectivity index (χ3v) is 7.17. The van der Waals surface area contributed by atoms with Gasteiger partial charge in [-0.15, -0.1) is 10.2 Å². The van der Waals surface area contributed by atoms with Gasteiger partial charge in [-0.05, 0) is 43.5 Å². The molecular weight excluding hydrogens is 406 g/mol. The average molecular weight is 434 g/mol. The lowest BCUT2D eigenvalue weighted by Crippen LogP contribution is -2.47. The Hall–Kier alpha value is -1.70. The van der Waals surface area contributed by atoms with E-state index >= 15 is 0 Å². The maximum absolute atomic E-state index is 12.6. The van der Waals surface area contributed by atoms with Crippen LogP contribution in [0.2, 0.25) is 5.02 Å². The first-order valence-electron chi connectivity index (χ1n) is 10.3. The lowest BCUT2D eigenvalue weighted by Gasteiger charge is -2.35. The van der Waals surface area contributed by atoms with Crippen LogP contribution in [0.4, 0.5) is 5.13 Å². The normalized spacial score (nSPS) is 19.0. The number of aromatic nitrogens is 2. The van der Waals surface area contributed by atoms with E-state index in [4.69, 9.17) is 11.6 Å². The highest BCUT2D eigenvalue weighted by atomic mass is 35.5. The number of hydrogen-bond donors (Lipinski definition) is 0. The zero-order valence-electron chi connectivity index (χ0n) is 16.9. The number of hydrogen-bond acceptors (Lipinski definition) is 6. The Labute approximate surface area is 181 Å². The van der Waals surface area contributed by atoms with Gasteiger partial charge in [0.05, 0.1) is 0 Å². The standard InChI is InChI=1S/C21H28ClN5OS/c1-25-10-12-26(13-11-25)20(28)15-17-6-8-27(9-7-17)21-24-23-19(29-21)14-16-2-4-18(22)5-3-16/h2-5,17H,6-15H2,1H3. The number of carbonyl (C=O) groups excluding carboxylic acids is 1. The van der Waals surface area contributed by atoms with Crippen LogP contribution in [-0.2, 0) is 11.2 Å². The second-order valence-corrected chi connectivity index (χ2v) is 9.58. The summed E-state index contributed by atoms with van der Waals surface area (Å²) >= 11 is 7.62. The summed E-state index contributed by atoms with van der Waals surface area (Å²) in [5, 5.41) is 11.6. The van der Waals surface area contributed by atoms with E-state index in [0.717, 1.165) is 73.7 Å². The van der Waals surface area contributed by atoms with Crippen LogP contribution in [0.25, 0.3) is 0 Å². The van der Waals surface area contributed by atoms with Crippen LogP contribution >= 0.6 is 22.9 Å². The molecule has 8 heteroatoms. The number of piperidine rings is 1. The molecule has 3 heterocycles. The van der Waals surface area contributed by atoms with Gasteiger partial charge in [0.1, 0.15) is 5.01 Å². The Balaban J connectivity index is 1.25. The summed E-state index contributed by atoms with van der Waals surface area (Å²) in [6.45, 7) is 5.62. The summed E-state index contributed by atoms with van der Waals surface area (Å²) in [5.41, 5.74) is 1.19. The van der Waals surface area contributed by atoms with Crippen molar-refractivity contribution in [2.45, 2.75) is 25.7 Å². The molecule has 2 aliphatic rings. The Morgan fingerprint density at radius 2 is 1.76 bits per heavy atom. The highest BCUT2D eigenvalue weighted by Crippen LogP contribution is 2.29. The third kappa shape index (κ3) is 5.47. The van der Waals surface area contributed by atoms with E-state index in [2.05, 4.69) is 27.0 Å². The molecule has 2 fully saturated rings. The minimum absolute atomic E-state index is 0.331. The second-order valence-electron chi connectivity index (χ2n) is 8.10. The molecule has 1 aromatic carbocycles. The Morgan fingerprint density at radius 3 is 2.45 bits per heavy atom. The molecule has 2 saturated heterocycles. The summed E-state index contributed by atoms with van der Waals surface area (Å²) in [4.78, 5) is 19.2. The van der Waals surface area contributed by atoms with Crippen LogP contribution in [0.3, 0.4) is 0 Å². The van der Waals surface area contributed by atoms with Crippen LogP contribution < -0.4 is 4.90 Å². The lowest BCUT2D eigenvalue weighted by molar-refractivity contribution is -0.133. The van der Waals surface area contributed by atoms with E-state index in [0.29, 0.717) is 18.2 Å². The maximum Gasteiger partial charge on any atom is 0.222 e. The van der Waals surface area contributed by atoms with Crippen LogP contribution in [0, 0.1) is 5.92 Å². The molecule has 0 aliphatic carbocycles. The summed E-state index contributed by atoms with van der Waals surface area (Å²) in [6.07, 6.45) is 3.57. The number of carbonyl (C=O) groups is 1. The van der Waals surface area contributed by atoms with Crippen LogP contribution in [0.5, 0.6) is 0 Å². The Morgan fingerprint density at radius 1 is 1.07 bits per heavy atom. The van der Waals surface area contributed by atoms with Gasteiger partial charge in [-0.1, -0.05) is 35.1 Å². The second kappa shape index (κ2) is 9.41. The molecule has 0 radical (unpaired) electrons. The molecule has 6 nitrogen and oxygen atoms in total. The van der Waals surface area contributed by atoms with Crippen molar-refractivity contribution in [1.29, 1.82) is 0 Å². The van der Waals surface area contributed by atoms with Gasteiger partial charge in [-0.3, -0.25) is 4.79 Å². The zero-order valence-corrected chi connectivity index (χ0v) is 18.5. The van der Waals surface area contributed by atoms with Gasteiger partial charge in [-0.2, -0.15) is 0 Å². The monoisotopic (exact) mass is 433 g/mol.